The Morgan fingerprint density at radius 3 is 2.43 bits per heavy atom. The minimum atomic E-state index is -4.50. The van der Waals surface area contributed by atoms with Gasteiger partial charge in [-0.1, -0.05) is 32.0 Å². The van der Waals surface area contributed by atoms with Crippen molar-refractivity contribution in [2.45, 2.75) is 25.9 Å². The molecule has 1 aromatic heterocycles. The van der Waals surface area contributed by atoms with E-state index in [4.69, 9.17) is 0 Å². The summed E-state index contributed by atoms with van der Waals surface area (Å²) in [4.78, 5) is 18.6. The van der Waals surface area contributed by atoms with Gasteiger partial charge in [0.15, 0.2) is 0 Å². The number of nitrogens with zero attached hydrogens (tertiary/aromatic N) is 1. The molecule has 2 rings (SSSR count). The molecule has 0 aliphatic heterocycles. The topological polar surface area (TPSA) is 45.8 Å². The van der Waals surface area contributed by atoms with E-state index in [0.29, 0.717) is 9.26 Å². The lowest BCUT2D eigenvalue weighted by Gasteiger charge is -2.14. The van der Waals surface area contributed by atoms with Gasteiger partial charge in [-0.3, -0.25) is 4.79 Å². The molecule has 0 bridgehead atoms. The molecule has 1 aromatic carbocycles. The molecular formula is C14H12F3IN2O. The highest BCUT2D eigenvalue weighted by Crippen LogP contribution is 2.35. The normalized spacial score (nSPS) is 12.0. The quantitative estimate of drug-likeness (QED) is 0.758. The van der Waals surface area contributed by atoms with Gasteiger partial charge < -0.3 is 4.98 Å². The summed E-state index contributed by atoms with van der Waals surface area (Å²) in [5.74, 6) is -0.118. The number of halogens is 4. The molecule has 2 aromatic rings. The van der Waals surface area contributed by atoms with Crippen LogP contribution in [0.25, 0.3) is 11.4 Å². The van der Waals surface area contributed by atoms with E-state index in [-0.39, 0.29) is 17.3 Å². The Balaban J connectivity index is 2.72. The molecule has 0 unspecified atom stereocenters. The maximum atomic E-state index is 13.1. The van der Waals surface area contributed by atoms with Gasteiger partial charge in [0.05, 0.1) is 14.8 Å². The van der Waals surface area contributed by atoms with Crippen LogP contribution in [0.2, 0.25) is 0 Å². The van der Waals surface area contributed by atoms with E-state index in [9.17, 15) is 18.0 Å². The molecule has 3 nitrogen and oxygen atoms in total. The fourth-order valence-electron chi connectivity index (χ4n) is 1.92. The average molecular weight is 408 g/mol. The Bertz CT molecular complexity index is 723. The summed E-state index contributed by atoms with van der Waals surface area (Å²) in [6, 6.07) is 5.07. The Kier molecular flexibility index (Phi) is 4.40. The first kappa shape index (κ1) is 16.0. The molecule has 0 aliphatic carbocycles. The largest absolute Gasteiger partial charge is 0.417 e. The summed E-state index contributed by atoms with van der Waals surface area (Å²) >= 11 is 1.85. The second-order valence-corrected chi connectivity index (χ2v) is 5.89. The zero-order valence-electron chi connectivity index (χ0n) is 11.3. The highest BCUT2D eigenvalue weighted by molar-refractivity contribution is 14.1. The van der Waals surface area contributed by atoms with Gasteiger partial charge in [0.2, 0.25) is 0 Å². The van der Waals surface area contributed by atoms with E-state index in [1.54, 1.807) is 0 Å². The average Bonchev–Trinajstić information content (AvgIpc) is 2.40. The predicted octanol–water partition coefficient (Wildman–Crippen LogP) is 4.18. The molecule has 1 heterocycles. The van der Waals surface area contributed by atoms with Gasteiger partial charge in [-0.2, -0.15) is 13.2 Å². The van der Waals surface area contributed by atoms with Crippen molar-refractivity contribution in [1.29, 1.82) is 0 Å². The number of hydrogen-bond acceptors (Lipinski definition) is 2. The monoisotopic (exact) mass is 408 g/mol. The van der Waals surface area contributed by atoms with Gasteiger partial charge in [0, 0.05) is 5.56 Å². The first-order valence-electron chi connectivity index (χ1n) is 6.18. The Morgan fingerprint density at radius 2 is 1.86 bits per heavy atom. The van der Waals surface area contributed by atoms with Gasteiger partial charge in [0.25, 0.3) is 5.56 Å². The zero-order valence-corrected chi connectivity index (χ0v) is 13.4. The number of alkyl halides is 3. The molecule has 7 heteroatoms. The second-order valence-electron chi connectivity index (χ2n) is 4.81. The molecule has 21 heavy (non-hydrogen) atoms. The van der Waals surface area contributed by atoms with E-state index in [1.807, 2.05) is 36.4 Å². The third kappa shape index (κ3) is 3.28. The van der Waals surface area contributed by atoms with Gasteiger partial charge in [-0.05, 0) is 34.6 Å². The first-order valence-corrected chi connectivity index (χ1v) is 7.26. The van der Waals surface area contributed by atoms with Crippen LogP contribution in [0.1, 0.15) is 31.0 Å². The van der Waals surface area contributed by atoms with Crippen LogP contribution in [0.15, 0.2) is 29.1 Å². The molecule has 0 atom stereocenters. The smallest absolute Gasteiger partial charge is 0.306 e. The Hall–Kier alpha value is -1.38. The van der Waals surface area contributed by atoms with Crippen molar-refractivity contribution in [3.63, 3.8) is 0 Å². The number of aromatic amines is 1. The summed E-state index contributed by atoms with van der Waals surface area (Å²) in [5, 5.41) is 0. The van der Waals surface area contributed by atoms with Gasteiger partial charge in [-0.25, -0.2) is 4.98 Å². The molecular weight excluding hydrogens is 396 g/mol. The highest BCUT2D eigenvalue weighted by Gasteiger charge is 2.34. The summed E-state index contributed by atoms with van der Waals surface area (Å²) in [6.07, 6.45) is -4.50. The van der Waals surface area contributed by atoms with Crippen LogP contribution in [-0.2, 0) is 6.18 Å². The Morgan fingerprint density at radius 1 is 1.24 bits per heavy atom. The summed E-state index contributed by atoms with van der Waals surface area (Å²) in [6.45, 7) is 3.67. The second kappa shape index (κ2) is 5.78. The number of benzene rings is 1. The molecule has 0 amide bonds. The van der Waals surface area contributed by atoms with Crippen LogP contribution < -0.4 is 5.56 Å². The molecule has 0 saturated heterocycles. The van der Waals surface area contributed by atoms with Crippen molar-refractivity contribution >= 4 is 22.6 Å². The molecule has 0 radical (unpaired) electrons. The fourth-order valence-corrected chi connectivity index (χ4v) is 2.80. The van der Waals surface area contributed by atoms with Gasteiger partial charge in [0.1, 0.15) is 5.82 Å². The van der Waals surface area contributed by atoms with E-state index in [1.165, 1.54) is 18.2 Å². The molecule has 112 valence electrons. The number of nitrogens with one attached hydrogen (secondary N) is 1. The minimum absolute atomic E-state index is 0.0583. The highest BCUT2D eigenvalue weighted by atomic mass is 127. The van der Waals surface area contributed by atoms with Crippen molar-refractivity contribution in [2.24, 2.45) is 0 Å². The lowest BCUT2D eigenvalue weighted by atomic mass is 10.1. The van der Waals surface area contributed by atoms with Crippen molar-refractivity contribution in [3.8, 4) is 11.4 Å². The van der Waals surface area contributed by atoms with Crippen LogP contribution in [-0.4, -0.2) is 9.97 Å². The molecule has 1 N–H and O–H groups in total. The summed E-state index contributed by atoms with van der Waals surface area (Å²) in [7, 11) is 0. The van der Waals surface area contributed by atoms with Crippen LogP contribution in [0.3, 0.4) is 0 Å². The van der Waals surface area contributed by atoms with Crippen molar-refractivity contribution in [2.75, 3.05) is 0 Å². The maximum Gasteiger partial charge on any atom is 0.417 e. The lowest BCUT2D eigenvalue weighted by molar-refractivity contribution is -0.137. The number of rotatable bonds is 2. The summed E-state index contributed by atoms with van der Waals surface area (Å²) in [5.41, 5.74) is -0.878. The standard InChI is InChI=1S/C14H12F3IN2O/c1-7(2)11-10(18)13(21)20-12(19-11)8-5-3-4-6-9(8)14(15,16)17/h3-7H,1-2H3,(H,19,20,21). The van der Waals surface area contributed by atoms with E-state index < -0.39 is 17.3 Å². The molecule has 0 saturated carbocycles. The Labute approximate surface area is 132 Å². The van der Waals surface area contributed by atoms with Crippen LogP contribution in [0.4, 0.5) is 13.2 Å². The molecule has 0 spiro atoms. The first-order chi connectivity index (χ1) is 9.71. The van der Waals surface area contributed by atoms with Gasteiger partial charge in [-0.15, -0.1) is 0 Å². The lowest BCUT2D eigenvalue weighted by Crippen LogP contribution is -2.18. The maximum absolute atomic E-state index is 13.1. The zero-order chi connectivity index (χ0) is 15.8. The van der Waals surface area contributed by atoms with Crippen LogP contribution in [0.5, 0.6) is 0 Å². The number of H-pyrrole nitrogens is 1. The molecule has 0 aliphatic rings. The van der Waals surface area contributed by atoms with E-state index >= 15 is 0 Å². The summed E-state index contributed by atoms with van der Waals surface area (Å²) < 4.78 is 39.6. The fraction of sp³-hybridized carbons (Fsp3) is 0.286. The number of aromatic nitrogens is 2. The van der Waals surface area contributed by atoms with Crippen molar-refractivity contribution in [1.82, 2.24) is 9.97 Å². The molecule has 0 fully saturated rings. The predicted molar refractivity (Wildman–Crippen MR) is 82.1 cm³/mol. The van der Waals surface area contributed by atoms with Crippen molar-refractivity contribution in [3.05, 3.63) is 49.4 Å². The number of hydrogen-bond donors (Lipinski definition) is 1. The van der Waals surface area contributed by atoms with Gasteiger partial charge >= 0.3 is 6.18 Å². The third-order valence-electron chi connectivity index (χ3n) is 2.92. The SMILES string of the molecule is CC(C)c1nc(-c2ccccc2C(F)(F)F)[nH]c(=O)c1I. The van der Waals surface area contributed by atoms with E-state index in [0.717, 1.165) is 6.07 Å². The third-order valence-corrected chi connectivity index (χ3v) is 3.97. The van der Waals surface area contributed by atoms with E-state index in [2.05, 4.69) is 9.97 Å². The van der Waals surface area contributed by atoms with Crippen LogP contribution in [0, 0.1) is 3.57 Å². The minimum Gasteiger partial charge on any atom is -0.306 e. The van der Waals surface area contributed by atoms with Crippen molar-refractivity contribution < 1.29 is 13.2 Å². The van der Waals surface area contributed by atoms with Crippen LogP contribution >= 0.6 is 22.6 Å².